The van der Waals surface area contributed by atoms with Gasteiger partial charge in [0.2, 0.25) is 0 Å². The lowest BCUT2D eigenvalue weighted by Crippen LogP contribution is -2.05. The van der Waals surface area contributed by atoms with Gasteiger partial charge in [-0.05, 0) is 12.1 Å². The van der Waals surface area contributed by atoms with Crippen LogP contribution in [0, 0.1) is 0 Å². The van der Waals surface area contributed by atoms with Crippen LogP contribution < -0.4 is 0 Å². The monoisotopic (exact) mass is 201 g/mol. The Morgan fingerprint density at radius 2 is 2.23 bits per heavy atom. The van der Waals surface area contributed by atoms with Crippen molar-refractivity contribution in [1.29, 1.82) is 0 Å². The van der Waals surface area contributed by atoms with Crippen molar-refractivity contribution in [3.05, 3.63) is 30.1 Å². The van der Waals surface area contributed by atoms with Crippen LogP contribution in [0.1, 0.15) is 10.4 Å². The van der Waals surface area contributed by atoms with Crippen molar-refractivity contribution < 1.29 is 19.1 Å². The zero-order valence-electron chi connectivity index (χ0n) is 6.62. The highest BCUT2D eigenvalue weighted by atomic mass is 31.2. The molecular formula is C7H8NO4P. The van der Waals surface area contributed by atoms with E-state index in [2.05, 4.69) is 4.98 Å². The first-order chi connectivity index (χ1) is 5.99. The lowest BCUT2D eigenvalue weighted by molar-refractivity contribution is 0.101. The minimum absolute atomic E-state index is 0.214. The average Bonchev–Trinajstić information content (AvgIpc) is 2.03. The number of carbonyl (C=O) groups excluding carboxylic acids is 1. The Kier molecular flexibility index (Phi) is 2.93. The molecule has 0 aromatic carbocycles. The van der Waals surface area contributed by atoms with E-state index < -0.39 is 19.5 Å². The maximum Gasteiger partial charge on any atom is 0.333 e. The molecule has 1 aromatic rings. The predicted octanol–water partition coefficient (Wildman–Crippen LogP) is 0.442. The largest absolute Gasteiger partial charge is 0.333 e. The second kappa shape index (κ2) is 3.79. The van der Waals surface area contributed by atoms with Gasteiger partial charge in [0.1, 0.15) is 6.16 Å². The Hall–Kier alpha value is -1.03. The maximum atomic E-state index is 11.1. The summed E-state index contributed by atoms with van der Waals surface area (Å²) in [7, 11) is -4.26. The number of aromatic nitrogens is 1. The van der Waals surface area contributed by atoms with E-state index in [1.807, 2.05) is 0 Å². The zero-order chi connectivity index (χ0) is 9.90. The molecule has 13 heavy (non-hydrogen) atoms. The first-order valence-corrected chi connectivity index (χ1v) is 5.26. The topological polar surface area (TPSA) is 87.5 Å². The van der Waals surface area contributed by atoms with Gasteiger partial charge in [0.15, 0.2) is 5.78 Å². The Morgan fingerprint density at radius 3 is 2.69 bits per heavy atom. The molecule has 0 spiro atoms. The molecule has 70 valence electrons. The van der Waals surface area contributed by atoms with Crippen molar-refractivity contribution in [2.45, 2.75) is 0 Å². The minimum Gasteiger partial charge on any atom is -0.324 e. The van der Waals surface area contributed by atoms with Crippen LogP contribution in [0.4, 0.5) is 0 Å². The van der Waals surface area contributed by atoms with E-state index in [0.717, 1.165) is 0 Å². The van der Waals surface area contributed by atoms with Crippen LogP contribution in [0.25, 0.3) is 0 Å². The number of carbonyl (C=O) groups is 1. The van der Waals surface area contributed by atoms with Crippen molar-refractivity contribution in [2.24, 2.45) is 0 Å². The van der Waals surface area contributed by atoms with Gasteiger partial charge in [0.05, 0.1) is 0 Å². The van der Waals surface area contributed by atoms with E-state index in [9.17, 15) is 9.36 Å². The van der Waals surface area contributed by atoms with Gasteiger partial charge < -0.3 is 9.79 Å². The van der Waals surface area contributed by atoms with Crippen LogP contribution in [-0.2, 0) is 4.57 Å². The third-order valence-corrected chi connectivity index (χ3v) is 2.03. The van der Waals surface area contributed by atoms with Gasteiger partial charge in [-0.2, -0.15) is 0 Å². The fourth-order valence-electron chi connectivity index (χ4n) is 0.806. The molecule has 0 amide bonds. The second-order valence-electron chi connectivity index (χ2n) is 2.49. The quantitative estimate of drug-likeness (QED) is 0.547. The molecule has 0 saturated heterocycles. The summed E-state index contributed by atoms with van der Waals surface area (Å²) < 4.78 is 10.5. The molecule has 5 nitrogen and oxygen atoms in total. The van der Waals surface area contributed by atoms with Crippen LogP contribution in [0.2, 0.25) is 0 Å². The molecular weight excluding hydrogens is 193 g/mol. The fraction of sp³-hybridized carbons (Fsp3) is 0.143. The van der Waals surface area contributed by atoms with Crippen molar-refractivity contribution in [3.8, 4) is 0 Å². The molecule has 0 aliphatic rings. The van der Waals surface area contributed by atoms with Gasteiger partial charge in [-0.1, -0.05) is 0 Å². The molecule has 0 fully saturated rings. The minimum atomic E-state index is -4.26. The van der Waals surface area contributed by atoms with Crippen LogP contribution in [0.15, 0.2) is 24.5 Å². The zero-order valence-corrected chi connectivity index (χ0v) is 7.52. The lowest BCUT2D eigenvalue weighted by atomic mass is 10.2. The highest BCUT2D eigenvalue weighted by Gasteiger charge is 2.19. The van der Waals surface area contributed by atoms with E-state index in [0.29, 0.717) is 0 Å². The smallest absolute Gasteiger partial charge is 0.324 e. The van der Waals surface area contributed by atoms with Crippen molar-refractivity contribution >= 4 is 13.4 Å². The number of hydrogen-bond acceptors (Lipinski definition) is 3. The summed E-state index contributed by atoms with van der Waals surface area (Å²) in [5.41, 5.74) is 0.214. The summed E-state index contributed by atoms with van der Waals surface area (Å²) in [6, 6.07) is 3.00. The average molecular weight is 201 g/mol. The number of hydrogen-bond donors (Lipinski definition) is 2. The normalized spacial score (nSPS) is 11.2. The molecule has 1 aromatic heterocycles. The van der Waals surface area contributed by atoms with Gasteiger partial charge in [-0.25, -0.2) is 0 Å². The Bertz CT molecular complexity index is 345. The molecule has 0 atom stereocenters. The van der Waals surface area contributed by atoms with Gasteiger partial charge in [0.25, 0.3) is 0 Å². The lowest BCUT2D eigenvalue weighted by Gasteiger charge is -2.01. The van der Waals surface area contributed by atoms with E-state index in [1.54, 1.807) is 0 Å². The van der Waals surface area contributed by atoms with Gasteiger partial charge >= 0.3 is 7.60 Å². The number of Topliss-reactive ketones (excluding diaryl/α,β-unsaturated/α-hetero) is 1. The first kappa shape index (κ1) is 10.1. The maximum absolute atomic E-state index is 11.1. The highest BCUT2D eigenvalue weighted by Crippen LogP contribution is 2.34. The standard InChI is InChI=1S/C7H8NO4P/c9-7(5-13(10,11)12)6-2-1-3-8-4-6/h1-4H,5H2,(H2,10,11,12). The van der Waals surface area contributed by atoms with Gasteiger partial charge in [-0.15, -0.1) is 0 Å². The molecule has 0 aliphatic heterocycles. The van der Waals surface area contributed by atoms with Crippen LogP contribution in [0.5, 0.6) is 0 Å². The van der Waals surface area contributed by atoms with E-state index in [4.69, 9.17) is 9.79 Å². The molecule has 0 bridgehead atoms. The fourth-order valence-corrected chi connectivity index (χ4v) is 1.36. The Labute approximate surface area is 74.6 Å². The summed E-state index contributed by atoms with van der Waals surface area (Å²) >= 11 is 0. The summed E-state index contributed by atoms with van der Waals surface area (Å²) in [6.45, 7) is 0. The van der Waals surface area contributed by atoms with Crippen molar-refractivity contribution in [1.82, 2.24) is 4.98 Å². The molecule has 2 N–H and O–H groups in total. The van der Waals surface area contributed by atoms with Crippen LogP contribution in [-0.4, -0.2) is 26.7 Å². The number of ketones is 1. The summed E-state index contributed by atoms with van der Waals surface area (Å²) in [5.74, 6) is -0.596. The third-order valence-electron chi connectivity index (χ3n) is 1.33. The Balaban J connectivity index is 2.76. The van der Waals surface area contributed by atoms with Crippen LogP contribution >= 0.6 is 7.60 Å². The van der Waals surface area contributed by atoms with Crippen LogP contribution in [0.3, 0.4) is 0 Å². The number of rotatable bonds is 3. The molecule has 0 unspecified atom stereocenters. The SMILES string of the molecule is O=C(CP(=O)(O)O)c1cccnc1. The van der Waals surface area contributed by atoms with Crippen molar-refractivity contribution in [3.63, 3.8) is 0 Å². The number of pyridine rings is 1. The van der Waals surface area contributed by atoms with E-state index in [-0.39, 0.29) is 5.56 Å². The second-order valence-corrected chi connectivity index (χ2v) is 4.13. The third kappa shape index (κ3) is 3.46. The van der Waals surface area contributed by atoms with E-state index >= 15 is 0 Å². The highest BCUT2D eigenvalue weighted by molar-refractivity contribution is 7.52. The molecule has 0 radical (unpaired) electrons. The molecule has 0 aliphatic carbocycles. The van der Waals surface area contributed by atoms with Gasteiger partial charge in [-0.3, -0.25) is 14.3 Å². The first-order valence-electron chi connectivity index (χ1n) is 3.47. The summed E-state index contributed by atoms with van der Waals surface area (Å²) in [4.78, 5) is 31.8. The van der Waals surface area contributed by atoms with Crippen molar-refractivity contribution in [2.75, 3.05) is 6.16 Å². The molecule has 0 saturated carbocycles. The Morgan fingerprint density at radius 1 is 1.54 bits per heavy atom. The van der Waals surface area contributed by atoms with Gasteiger partial charge in [0, 0.05) is 18.0 Å². The summed E-state index contributed by atoms with van der Waals surface area (Å²) in [6.07, 6.45) is 1.99. The molecule has 1 heterocycles. The molecule has 6 heteroatoms. The predicted molar refractivity (Wildman–Crippen MR) is 45.5 cm³/mol. The van der Waals surface area contributed by atoms with E-state index in [1.165, 1.54) is 24.5 Å². The summed E-state index contributed by atoms with van der Waals surface area (Å²) in [5, 5.41) is 0. The molecule has 1 rings (SSSR count). The number of nitrogens with zero attached hydrogens (tertiary/aromatic N) is 1.